The second kappa shape index (κ2) is 6.58. The molecule has 0 saturated heterocycles. The number of imidazole rings is 1. The van der Waals surface area contributed by atoms with Crippen LogP contribution in [0.2, 0.25) is 0 Å². The molecule has 1 atom stereocenters. The van der Waals surface area contributed by atoms with Crippen molar-refractivity contribution in [3.63, 3.8) is 0 Å². The molecule has 7 nitrogen and oxygen atoms in total. The molecule has 3 N–H and O–H groups in total. The van der Waals surface area contributed by atoms with E-state index in [9.17, 15) is 13.2 Å². The lowest BCUT2D eigenvalue weighted by atomic mass is 10.3. The van der Waals surface area contributed by atoms with Crippen LogP contribution in [0.4, 0.5) is 5.69 Å². The third-order valence-electron chi connectivity index (χ3n) is 3.68. The summed E-state index contributed by atoms with van der Waals surface area (Å²) >= 11 is 1.40. The third kappa shape index (κ3) is 3.97. The topological polar surface area (TPSA) is 107 Å². The second-order valence-corrected chi connectivity index (χ2v) is 8.54. The van der Waals surface area contributed by atoms with Crippen LogP contribution in [0.1, 0.15) is 25.8 Å². The van der Waals surface area contributed by atoms with E-state index in [0.717, 1.165) is 18.0 Å². The van der Waals surface area contributed by atoms with Crippen molar-refractivity contribution in [2.75, 3.05) is 5.32 Å². The number of nitrogens with two attached hydrogens (primary N) is 1. The lowest BCUT2D eigenvalue weighted by Gasteiger charge is -2.13. The average Bonchev–Trinajstić information content (AvgIpc) is 3.27. The van der Waals surface area contributed by atoms with Crippen LogP contribution in [0.15, 0.2) is 46.7 Å². The van der Waals surface area contributed by atoms with Crippen LogP contribution >= 0.6 is 11.8 Å². The summed E-state index contributed by atoms with van der Waals surface area (Å²) in [5.74, 6) is -0.172. The Hall–Kier alpha value is -1.84. The number of amides is 1. The number of aromatic nitrogens is 2. The van der Waals surface area contributed by atoms with E-state index in [1.165, 1.54) is 36.0 Å². The number of primary sulfonamides is 1. The highest BCUT2D eigenvalue weighted by Gasteiger charge is 2.27. The zero-order valence-corrected chi connectivity index (χ0v) is 14.7. The van der Waals surface area contributed by atoms with Gasteiger partial charge in [-0.2, -0.15) is 0 Å². The first kappa shape index (κ1) is 17.0. The summed E-state index contributed by atoms with van der Waals surface area (Å²) < 4.78 is 24.6. The number of thioether (sulfide) groups is 1. The van der Waals surface area contributed by atoms with Gasteiger partial charge in [0.25, 0.3) is 0 Å². The number of hydrogen-bond acceptors (Lipinski definition) is 5. The largest absolute Gasteiger partial charge is 0.325 e. The van der Waals surface area contributed by atoms with Gasteiger partial charge >= 0.3 is 0 Å². The molecule has 0 spiro atoms. The Labute approximate surface area is 144 Å². The number of carbonyl (C=O) groups is 1. The predicted octanol–water partition coefficient (Wildman–Crippen LogP) is 1.98. The minimum Gasteiger partial charge on any atom is -0.325 e. The Kier molecular flexibility index (Phi) is 4.66. The maximum absolute atomic E-state index is 12.3. The van der Waals surface area contributed by atoms with Crippen LogP contribution < -0.4 is 10.5 Å². The van der Waals surface area contributed by atoms with Gasteiger partial charge in [0.2, 0.25) is 15.9 Å². The molecule has 1 aliphatic rings. The molecule has 128 valence electrons. The number of nitrogens with zero attached hydrogens (tertiary/aromatic N) is 2. The molecule has 1 fully saturated rings. The molecular formula is C15H18N4O3S2. The maximum atomic E-state index is 12.3. The van der Waals surface area contributed by atoms with Crippen molar-refractivity contribution in [3.8, 4) is 0 Å². The summed E-state index contributed by atoms with van der Waals surface area (Å²) in [5, 5.41) is 8.32. The molecule has 0 unspecified atom stereocenters. The highest BCUT2D eigenvalue weighted by molar-refractivity contribution is 8.00. The van der Waals surface area contributed by atoms with Gasteiger partial charge in [-0.15, -0.1) is 0 Å². The van der Waals surface area contributed by atoms with E-state index in [1.807, 2.05) is 13.1 Å². The summed E-state index contributed by atoms with van der Waals surface area (Å²) in [6, 6.07) is 6.27. The summed E-state index contributed by atoms with van der Waals surface area (Å²) in [4.78, 5) is 16.6. The molecule has 2 aromatic rings. The number of carbonyl (C=O) groups excluding carboxylic acids is 1. The minimum atomic E-state index is -3.73. The van der Waals surface area contributed by atoms with E-state index in [1.54, 1.807) is 6.20 Å². The molecule has 1 aromatic carbocycles. The Morgan fingerprint density at radius 3 is 2.62 bits per heavy atom. The van der Waals surface area contributed by atoms with E-state index in [4.69, 9.17) is 5.14 Å². The quantitative estimate of drug-likeness (QED) is 0.760. The molecule has 1 saturated carbocycles. The Morgan fingerprint density at radius 2 is 2.04 bits per heavy atom. The van der Waals surface area contributed by atoms with Gasteiger partial charge < -0.3 is 9.88 Å². The standard InChI is InChI=1S/C15H18N4O3S2/c1-10(23-15-17-8-9-19(15)12-4-5-12)14(20)18-11-2-6-13(7-3-11)24(16,21)22/h2-3,6-10,12H,4-5H2,1H3,(H,18,20)(H2,16,21,22)/t10-/m0/s1. The Morgan fingerprint density at radius 1 is 1.38 bits per heavy atom. The van der Waals surface area contributed by atoms with E-state index < -0.39 is 10.0 Å². The second-order valence-electron chi connectivity index (χ2n) is 5.67. The molecule has 1 aromatic heterocycles. The van der Waals surface area contributed by atoms with Crippen LogP contribution in [-0.4, -0.2) is 29.1 Å². The highest BCUT2D eigenvalue weighted by atomic mass is 32.2. The van der Waals surface area contributed by atoms with Crippen LogP contribution in [0.25, 0.3) is 0 Å². The number of benzene rings is 1. The van der Waals surface area contributed by atoms with Gasteiger partial charge in [-0.3, -0.25) is 4.79 Å². The first-order valence-corrected chi connectivity index (χ1v) is 9.90. The van der Waals surface area contributed by atoms with E-state index in [0.29, 0.717) is 11.7 Å². The fraction of sp³-hybridized carbons (Fsp3) is 0.333. The molecule has 0 radical (unpaired) electrons. The minimum absolute atomic E-state index is 0.00869. The molecule has 3 rings (SSSR count). The molecule has 0 aliphatic heterocycles. The molecule has 9 heteroatoms. The van der Waals surface area contributed by atoms with Crippen LogP contribution in [0.3, 0.4) is 0 Å². The predicted molar refractivity (Wildman–Crippen MR) is 92.3 cm³/mol. The lowest BCUT2D eigenvalue weighted by Crippen LogP contribution is -2.23. The van der Waals surface area contributed by atoms with Crippen molar-refractivity contribution < 1.29 is 13.2 Å². The first-order chi connectivity index (χ1) is 11.3. The fourth-order valence-corrected chi connectivity index (χ4v) is 3.66. The fourth-order valence-electron chi connectivity index (χ4n) is 2.20. The Balaban J connectivity index is 1.62. The summed E-state index contributed by atoms with van der Waals surface area (Å²) in [7, 11) is -3.73. The first-order valence-electron chi connectivity index (χ1n) is 7.48. The van der Waals surface area contributed by atoms with Gasteiger partial charge in [0, 0.05) is 24.1 Å². The van der Waals surface area contributed by atoms with Gasteiger partial charge in [0.15, 0.2) is 5.16 Å². The zero-order chi connectivity index (χ0) is 17.3. The van der Waals surface area contributed by atoms with Crippen LogP contribution in [0, 0.1) is 0 Å². The van der Waals surface area contributed by atoms with Crippen molar-refractivity contribution in [1.82, 2.24) is 9.55 Å². The highest BCUT2D eigenvalue weighted by Crippen LogP contribution is 2.38. The van der Waals surface area contributed by atoms with Crippen molar-refractivity contribution in [2.45, 2.75) is 41.1 Å². The number of anilines is 1. The number of rotatable bonds is 6. The van der Waals surface area contributed by atoms with Gasteiger partial charge in [-0.25, -0.2) is 18.5 Å². The normalized spacial score (nSPS) is 15.9. The molecule has 1 heterocycles. The summed E-state index contributed by atoms with van der Waals surface area (Å²) in [6.07, 6.45) is 6.00. The summed E-state index contributed by atoms with van der Waals surface area (Å²) in [6.45, 7) is 1.81. The smallest absolute Gasteiger partial charge is 0.238 e. The maximum Gasteiger partial charge on any atom is 0.238 e. The summed E-state index contributed by atoms with van der Waals surface area (Å²) in [5.41, 5.74) is 0.519. The van der Waals surface area contributed by atoms with Crippen LogP contribution in [-0.2, 0) is 14.8 Å². The van der Waals surface area contributed by atoms with Gasteiger partial charge in [0.05, 0.1) is 10.1 Å². The monoisotopic (exact) mass is 366 g/mol. The van der Waals surface area contributed by atoms with Crippen molar-refractivity contribution in [3.05, 3.63) is 36.7 Å². The molecule has 24 heavy (non-hydrogen) atoms. The third-order valence-corrected chi connectivity index (χ3v) is 5.70. The number of sulfonamides is 1. The zero-order valence-electron chi connectivity index (χ0n) is 13.0. The Bertz CT molecular complexity index is 842. The van der Waals surface area contributed by atoms with Gasteiger partial charge in [0.1, 0.15) is 0 Å². The molecule has 0 bridgehead atoms. The van der Waals surface area contributed by atoms with Gasteiger partial charge in [-0.05, 0) is 44.0 Å². The van der Waals surface area contributed by atoms with Gasteiger partial charge in [-0.1, -0.05) is 11.8 Å². The SMILES string of the molecule is C[C@H](Sc1nccn1C1CC1)C(=O)Nc1ccc(S(N)(=O)=O)cc1. The average molecular weight is 366 g/mol. The van der Waals surface area contributed by atoms with Crippen LogP contribution in [0.5, 0.6) is 0 Å². The van der Waals surface area contributed by atoms with Crippen molar-refractivity contribution >= 4 is 33.4 Å². The van der Waals surface area contributed by atoms with Crippen molar-refractivity contribution in [1.29, 1.82) is 0 Å². The van der Waals surface area contributed by atoms with E-state index in [2.05, 4.69) is 14.9 Å². The number of nitrogens with one attached hydrogen (secondary N) is 1. The lowest BCUT2D eigenvalue weighted by molar-refractivity contribution is -0.115. The molecule has 1 aliphatic carbocycles. The number of hydrogen-bond donors (Lipinski definition) is 2. The van der Waals surface area contributed by atoms with Crippen molar-refractivity contribution in [2.24, 2.45) is 5.14 Å². The molecule has 1 amide bonds. The van der Waals surface area contributed by atoms with E-state index in [-0.39, 0.29) is 16.1 Å². The molecular weight excluding hydrogens is 348 g/mol. The van der Waals surface area contributed by atoms with E-state index >= 15 is 0 Å².